The fourth-order valence-electron chi connectivity index (χ4n) is 6.45. The van der Waals surface area contributed by atoms with Crippen LogP contribution in [0.15, 0.2) is 138 Å². The summed E-state index contributed by atoms with van der Waals surface area (Å²) in [6, 6.07) is 43.3. The van der Waals surface area contributed by atoms with Gasteiger partial charge in [-0.05, 0) is 87.9 Å². The zero-order valence-corrected chi connectivity index (χ0v) is 21.5. The van der Waals surface area contributed by atoms with Gasteiger partial charge in [-0.25, -0.2) is 0 Å². The van der Waals surface area contributed by atoms with Gasteiger partial charge in [0.15, 0.2) is 0 Å². The minimum Gasteiger partial charge on any atom is -0.456 e. The molecule has 3 nitrogen and oxygen atoms in total. The van der Waals surface area contributed by atoms with Crippen molar-refractivity contribution in [3.05, 3.63) is 134 Å². The van der Waals surface area contributed by atoms with Crippen LogP contribution in [0.4, 0.5) is 0 Å². The average Bonchev–Trinajstić information content (AvgIpc) is 3.55. The Kier molecular flexibility index (Phi) is 4.33. The zero-order chi connectivity index (χ0) is 26.2. The van der Waals surface area contributed by atoms with E-state index in [9.17, 15) is 0 Å². The lowest BCUT2D eigenvalue weighted by Crippen LogP contribution is -1.93. The maximum atomic E-state index is 6.12. The summed E-state index contributed by atoms with van der Waals surface area (Å²) in [6.45, 7) is 0. The van der Waals surface area contributed by atoms with Crippen LogP contribution in [-0.4, -0.2) is 9.55 Å². The normalized spacial score (nSPS) is 12.0. The highest BCUT2D eigenvalue weighted by atomic mass is 16.3. The van der Waals surface area contributed by atoms with Crippen LogP contribution in [0.5, 0.6) is 0 Å². The number of benzene rings is 6. The molecule has 3 aromatic heterocycles. The number of fused-ring (bicyclic) bond motifs is 9. The van der Waals surface area contributed by atoms with E-state index in [4.69, 9.17) is 4.42 Å². The molecule has 3 heterocycles. The second kappa shape index (κ2) is 8.05. The smallest absolute Gasteiger partial charge is 0.135 e. The molecule has 0 amide bonds. The Hall–Kier alpha value is -5.41. The maximum Gasteiger partial charge on any atom is 0.135 e. The number of hydrogen-bond donors (Lipinski definition) is 0. The van der Waals surface area contributed by atoms with Gasteiger partial charge in [0.2, 0.25) is 0 Å². The number of pyridine rings is 1. The van der Waals surface area contributed by atoms with Crippen LogP contribution in [0.1, 0.15) is 0 Å². The van der Waals surface area contributed by atoms with Gasteiger partial charge in [0.25, 0.3) is 0 Å². The fourth-order valence-corrected chi connectivity index (χ4v) is 6.45. The lowest BCUT2D eigenvalue weighted by Gasteiger charge is -2.12. The van der Waals surface area contributed by atoms with E-state index in [1.807, 2.05) is 24.5 Å². The fraction of sp³-hybridized carbons (Fsp3) is 0. The minimum absolute atomic E-state index is 0.905. The number of hydrogen-bond acceptors (Lipinski definition) is 2. The highest BCUT2D eigenvalue weighted by molar-refractivity contribution is 6.21. The van der Waals surface area contributed by atoms with Crippen molar-refractivity contribution in [1.29, 1.82) is 0 Å². The summed E-state index contributed by atoms with van der Waals surface area (Å²) < 4.78 is 8.50. The van der Waals surface area contributed by atoms with E-state index in [0.29, 0.717) is 0 Å². The van der Waals surface area contributed by atoms with Crippen LogP contribution >= 0.6 is 0 Å². The Morgan fingerprint density at radius 3 is 2.23 bits per heavy atom. The molecule has 0 spiro atoms. The van der Waals surface area contributed by atoms with E-state index in [-0.39, 0.29) is 0 Å². The quantitative estimate of drug-likeness (QED) is 0.217. The molecule has 0 unspecified atom stereocenters. The lowest BCUT2D eigenvalue weighted by molar-refractivity contribution is 0.669. The molecule has 0 aliphatic rings. The molecular formula is C37H22N2O. The van der Waals surface area contributed by atoms with E-state index in [2.05, 4.69) is 119 Å². The molecule has 9 aromatic rings. The number of aromatic nitrogens is 2. The Labute approximate surface area is 229 Å². The van der Waals surface area contributed by atoms with Crippen molar-refractivity contribution in [1.82, 2.24) is 9.55 Å². The number of para-hydroxylation sites is 3. The number of nitrogens with zero attached hydrogens (tertiary/aromatic N) is 2. The van der Waals surface area contributed by atoms with E-state index < -0.39 is 0 Å². The Bertz CT molecular complexity index is 2430. The summed E-state index contributed by atoms with van der Waals surface area (Å²) in [5.74, 6) is 0. The van der Waals surface area contributed by atoms with E-state index in [0.717, 1.165) is 38.6 Å². The third kappa shape index (κ3) is 2.97. The summed E-state index contributed by atoms with van der Waals surface area (Å²) in [4.78, 5) is 4.54. The first-order valence-corrected chi connectivity index (χ1v) is 13.5. The van der Waals surface area contributed by atoms with Gasteiger partial charge < -0.3 is 8.98 Å². The van der Waals surface area contributed by atoms with Gasteiger partial charge in [-0.3, -0.25) is 4.98 Å². The van der Waals surface area contributed by atoms with Gasteiger partial charge in [0.1, 0.15) is 11.2 Å². The van der Waals surface area contributed by atoms with Crippen LogP contribution in [0.2, 0.25) is 0 Å². The molecule has 0 aliphatic carbocycles. The molecule has 6 aromatic carbocycles. The molecule has 0 N–H and O–H groups in total. The first-order valence-electron chi connectivity index (χ1n) is 13.5. The zero-order valence-electron chi connectivity index (χ0n) is 21.5. The van der Waals surface area contributed by atoms with Crippen molar-refractivity contribution in [3.8, 4) is 16.8 Å². The van der Waals surface area contributed by atoms with E-state index in [1.165, 1.54) is 43.5 Å². The first-order chi connectivity index (χ1) is 19.8. The second-order valence-corrected chi connectivity index (χ2v) is 10.4. The van der Waals surface area contributed by atoms with Crippen molar-refractivity contribution in [3.63, 3.8) is 0 Å². The maximum absolute atomic E-state index is 6.12. The monoisotopic (exact) mass is 510 g/mol. The molecule has 186 valence electrons. The summed E-state index contributed by atoms with van der Waals surface area (Å²) in [7, 11) is 0. The number of furan rings is 1. The molecule has 0 fully saturated rings. The predicted octanol–water partition coefficient (Wildman–Crippen LogP) is 10.1. The molecule has 0 atom stereocenters. The van der Waals surface area contributed by atoms with Gasteiger partial charge in [0, 0.05) is 45.0 Å². The van der Waals surface area contributed by atoms with Gasteiger partial charge in [-0.15, -0.1) is 0 Å². The molecule has 0 saturated heterocycles. The molecule has 9 rings (SSSR count). The molecular weight excluding hydrogens is 488 g/mol. The third-order valence-electron chi connectivity index (χ3n) is 8.25. The second-order valence-electron chi connectivity index (χ2n) is 10.4. The largest absolute Gasteiger partial charge is 0.456 e. The molecule has 40 heavy (non-hydrogen) atoms. The van der Waals surface area contributed by atoms with Gasteiger partial charge in [0.05, 0.1) is 11.0 Å². The van der Waals surface area contributed by atoms with Gasteiger partial charge in [-0.2, -0.15) is 0 Å². The summed E-state index contributed by atoms with van der Waals surface area (Å²) >= 11 is 0. The highest BCUT2D eigenvalue weighted by Crippen LogP contribution is 2.41. The Morgan fingerprint density at radius 1 is 0.500 bits per heavy atom. The Morgan fingerprint density at radius 2 is 1.30 bits per heavy atom. The van der Waals surface area contributed by atoms with Crippen LogP contribution in [0.3, 0.4) is 0 Å². The summed E-state index contributed by atoms with van der Waals surface area (Å²) in [6.07, 6.45) is 3.90. The Balaban J connectivity index is 1.39. The van der Waals surface area contributed by atoms with Gasteiger partial charge in [-0.1, -0.05) is 60.7 Å². The van der Waals surface area contributed by atoms with Crippen molar-refractivity contribution >= 4 is 65.3 Å². The molecule has 0 radical (unpaired) electrons. The first kappa shape index (κ1) is 21.5. The van der Waals surface area contributed by atoms with E-state index >= 15 is 0 Å². The standard InChI is InChI=1S/C37H22N2O/c1-2-8-25(9-3-1)39-34-12-6-4-10-27(34)31-21-30-24(20-35(31)39)19-29(33-22-38-17-16-26(30)33)23-14-15-37-32(18-23)28-11-5-7-13-36(28)40-37/h1-22H. The summed E-state index contributed by atoms with van der Waals surface area (Å²) in [5, 5.41) is 9.57. The van der Waals surface area contributed by atoms with Crippen LogP contribution < -0.4 is 0 Å². The third-order valence-corrected chi connectivity index (χ3v) is 8.25. The van der Waals surface area contributed by atoms with Crippen LogP contribution in [0.25, 0.3) is 82.1 Å². The molecule has 3 heteroatoms. The predicted molar refractivity (Wildman–Crippen MR) is 166 cm³/mol. The molecule has 0 bridgehead atoms. The lowest BCUT2D eigenvalue weighted by atomic mass is 9.93. The SMILES string of the molecule is c1ccc(-n2c3ccccc3c3cc4c(cc(-c5ccc6oc7ccccc7c6c5)c5cnccc54)cc32)cc1. The van der Waals surface area contributed by atoms with Crippen LogP contribution in [0, 0.1) is 0 Å². The van der Waals surface area contributed by atoms with Crippen molar-refractivity contribution in [2.24, 2.45) is 0 Å². The highest BCUT2D eigenvalue weighted by Gasteiger charge is 2.16. The van der Waals surface area contributed by atoms with Crippen molar-refractivity contribution in [2.45, 2.75) is 0 Å². The van der Waals surface area contributed by atoms with Crippen LogP contribution in [-0.2, 0) is 0 Å². The average molecular weight is 511 g/mol. The molecule has 0 aliphatic heterocycles. The van der Waals surface area contributed by atoms with Crippen molar-refractivity contribution in [2.75, 3.05) is 0 Å². The van der Waals surface area contributed by atoms with Gasteiger partial charge >= 0.3 is 0 Å². The number of rotatable bonds is 2. The van der Waals surface area contributed by atoms with E-state index in [1.54, 1.807) is 0 Å². The van der Waals surface area contributed by atoms with Crippen molar-refractivity contribution < 1.29 is 4.42 Å². The summed E-state index contributed by atoms with van der Waals surface area (Å²) in [5.41, 5.74) is 7.72. The molecule has 0 saturated carbocycles. The minimum atomic E-state index is 0.905. The topological polar surface area (TPSA) is 31.0 Å².